The van der Waals surface area contributed by atoms with Gasteiger partial charge in [0.2, 0.25) is 0 Å². The van der Waals surface area contributed by atoms with Gasteiger partial charge in [-0.25, -0.2) is 4.79 Å². The number of nitrogens with one attached hydrogen (secondary N) is 1. The van der Waals surface area contributed by atoms with E-state index in [1.807, 2.05) is 0 Å². The minimum atomic E-state index is -0.919. The average molecular weight is 255 g/mol. The van der Waals surface area contributed by atoms with Crippen LogP contribution in [-0.2, 0) is 11.3 Å². The van der Waals surface area contributed by atoms with E-state index >= 15 is 0 Å². The molecule has 1 heterocycles. The van der Waals surface area contributed by atoms with Crippen LogP contribution in [0.1, 0.15) is 19.5 Å². The van der Waals surface area contributed by atoms with Crippen LogP contribution in [0.15, 0.2) is 16.9 Å². The van der Waals surface area contributed by atoms with Gasteiger partial charge < -0.3 is 19.8 Å². The van der Waals surface area contributed by atoms with Crippen LogP contribution < -0.4 is 5.32 Å². The standard InChI is InChI=1S/C11H17N3O4/c1-3-14(7-8(2)10(15)16)11(17)12-6-9-4-5-18-13-9/h4-5,8H,3,6-7H2,1-2H3,(H,12,17)(H,15,16). The molecule has 18 heavy (non-hydrogen) atoms. The van der Waals surface area contributed by atoms with Crippen molar-refractivity contribution in [3.05, 3.63) is 18.0 Å². The van der Waals surface area contributed by atoms with E-state index in [0.29, 0.717) is 12.2 Å². The summed E-state index contributed by atoms with van der Waals surface area (Å²) in [7, 11) is 0. The molecule has 0 bridgehead atoms. The molecule has 0 radical (unpaired) electrons. The topological polar surface area (TPSA) is 95.7 Å². The lowest BCUT2D eigenvalue weighted by molar-refractivity contribution is -0.141. The molecule has 1 rings (SSSR count). The fourth-order valence-electron chi connectivity index (χ4n) is 1.37. The predicted molar refractivity (Wildman–Crippen MR) is 62.8 cm³/mol. The Balaban J connectivity index is 2.44. The van der Waals surface area contributed by atoms with E-state index in [1.165, 1.54) is 11.2 Å². The number of rotatable bonds is 6. The summed E-state index contributed by atoms with van der Waals surface area (Å²) in [6, 6.07) is 1.34. The number of carbonyl (C=O) groups excluding carboxylic acids is 1. The van der Waals surface area contributed by atoms with Crippen LogP contribution in [0, 0.1) is 5.92 Å². The van der Waals surface area contributed by atoms with Crippen LogP contribution in [0.4, 0.5) is 4.79 Å². The summed E-state index contributed by atoms with van der Waals surface area (Å²) in [6.45, 7) is 4.24. The maximum Gasteiger partial charge on any atom is 0.317 e. The minimum absolute atomic E-state index is 0.177. The first kappa shape index (κ1) is 14.0. The van der Waals surface area contributed by atoms with Crippen LogP contribution in [0.3, 0.4) is 0 Å². The Morgan fingerprint density at radius 3 is 2.83 bits per heavy atom. The lowest BCUT2D eigenvalue weighted by atomic mass is 10.2. The highest BCUT2D eigenvalue weighted by Gasteiger charge is 2.19. The van der Waals surface area contributed by atoms with Crippen molar-refractivity contribution in [2.45, 2.75) is 20.4 Å². The van der Waals surface area contributed by atoms with Crippen molar-refractivity contribution in [3.63, 3.8) is 0 Å². The molecule has 1 atom stereocenters. The van der Waals surface area contributed by atoms with Gasteiger partial charge in [-0.05, 0) is 6.92 Å². The molecule has 0 aromatic carbocycles. The van der Waals surface area contributed by atoms with Crippen LogP contribution in [-0.4, -0.2) is 40.3 Å². The lowest BCUT2D eigenvalue weighted by Crippen LogP contribution is -2.42. The van der Waals surface area contributed by atoms with Crippen LogP contribution in [0.5, 0.6) is 0 Å². The third kappa shape index (κ3) is 4.08. The molecule has 0 aliphatic carbocycles. The number of amides is 2. The molecule has 0 aliphatic heterocycles. The van der Waals surface area contributed by atoms with E-state index in [-0.39, 0.29) is 19.1 Å². The number of carboxylic acids is 1. The predicted octanol–water partition coefficient (Wildman–Crippen LogP) is 0.927. The maximum atomic E-state index is 11.8. The summed E-state index contributed by atoms with van der Waals surface area (Å²) in [6.07, 6.45) is 1.42. The van der Waals surface area contributed by atoms with Crippen molar-refractivity contribution in [2.24, 2.45) is 5.92 Å². The molecule has 1 unspecified atom stereocenters. The lowest BCUT2D eigenvalue weighted by Gasteiger charge is -2.22. The van der Waals surface area contributed by atoms with Crippen LogP contribution in [0.25, 0.3) is 0 Å². The highest BCUT2D eigenvalue weighted by molar-refractivity contribution is 5.75. The van der Waals surface area contributed by atoms with Crippen LogP contribution >= 0.6 is 0 Å². The second-order valence-corrected chi connectivity index (χ2v) is 3.93. The summed E-state index contributed by atoms with van der Waals surface area (Å²) in [5.74, 6) is -1.51. The quantitative estimate of drug-likeness (QED) is 0.788. The molecule has 0 saturated heterocycles. The zero-order chi connectivity index (χ0) is 13.5. The Kier molecular flexibility index (Phi) is 5.16. The van der Waals surface area contributed by atoms with E-state index in [0.717, 1.165) is 0 Å². The molecule has 0 aliphatic rings. The Morgan fingerprint density at radius 1 is 1.61 bits per heavy atom. The molecular weight excluding hydrogens is 238 g/mol. The summed E-state index contributed by atoms with van der Waals surface area (Å²) >= 11 is 0. The highest BCUT2D eigenvalue weighted by Crippen LogP contribution is 2.01. The van der Waals surface area contributed by atoms with Crippen LogP contribution in [0.2, 0.25) is 0 Å². The number of carbonyl (C=O) groups is 2. The molecule has 0 saturated carbocycles. The van der Waals surface area contributed by atoms with E-state index in [9.17, 15) is 9.59 Å². The monoisotopic (exact) mass is 255 g/mol. The van der Waals surface area contributed by atoms with Gasteiger partial charge in [0, 0.05) is 19.2 Å². The van der Waals surface area contributed by atoms with Gasteiger partial charge in [-0.2, -0.15) is 0 Å². The zero-order valence-electron chi connectivity index (χ0n) is 10.4. The van der Waals surface area contributed by atoms with Crippen molar-refractivity contribution < 1.29 is 19.2 Å². The molecule has 7 nitrogen and oxygen atoms in total. The third-order valence-electron chi connectivity index (χ3n) is 2.50. The van der Waals surface area contributed by atoms with E-state index in [4.69, 9.17) is 5.11 Å². The van der Waals surface area contributed by atoms with Gasteiger partial charge in [0.25, 0.3) is 0 Å². The third-order valence-corrected chi connectivity index (χ3v) is 2.50. The first-order valence-electron chi connectivity index (χ1n) is 5.69. The first-order valence-corrected chi connectivity index (χ1v) is 5.69. The highest BCUT2D eigenvalue weighted by atomic mass is 16.5. The molecule has 0 spiro atoms. The smallest absolute Gasteiger partial charge is 0.317 e. The fraction of sp³-hybridized carbons (Fsp3) is 0.545. The number of urea groups is 1. The number of aromatic nitrogens is 1. The van der Waals surface area contributed by atoms with Gasteiger partial charge in [-0.15, -0.1) is 0 Å². The van der Waals surface area contributed by atoms with Gasteiger partial charge >= 0.3 is 12.0 Å². The second kappa shape index (κ2) is 6.63. The summed E-state index contributed by atoms with van der Waals surface area (Å²) < 4.78 is 4.64. The maximum absolute atomic E-state index is 11.8. The number of nitrogens with zero attached hydrogens (tertiary/aromatic N) is 2. The van der Waals surface area contributed by atoms with Crippen molar-refractivity contribution in [1.29, 1.82) is 0 Å². The average Bonchev–Trinajstić information content (AvgIpc) is 2.85. The van der Waals surface area contributed by atoms with E-state index in [2.05, 4.69) is 15.0 Å². The molecular formula is C11H17N3O4. The number of hydrogen-bond acceptors (Lipinski definition) is 4. The molecule has 2 N–H and O–H groups in total. The molecule has 100 valence electrons. The summed E-state index contributed by atoms with van der Waals surface area (Å²) in [5.41, 5.74) is 0.616. The van der Waals surface area contributed by atoms with Crippen molar-refractivity contribution in [3.8, 4) is 0 Å². The van der Waals surface area contributed by atoms with Gasteiger partial charge in [-0.3, -0.25) is 4.79 Å². The Bertz CT molecular complexity index is 391. The molecule has 7 heteroatoms. The number of aliphatic carboxylic acids is 1. The molecule has 1 aromatic heterocycles. The summed E-state index contributed by atoms with van der Waals surface area (Å²) in [5, 5.41) is 15.1. The van der Waals surface area contributed by atoms with Crippen molar-refractivity contribution in [2.75, 3.05) is 13.1 Å². The van der Waals surface area contributed by atoms with E-state index in [1.54, 1.807) is 19.9 Å². The largest absolute Gasteiger partial charge is 0.481 e. The van der Waals surface area contributed by atoms with Gasteiger partial charge in [0.1, 0.15) is 12.0 Å². The first-order chi connectivity index (χ1) is 8.54. The van der Waals surface area contributed by atoms with Crippen molar-refractivity contribution in [1.82, 2.24) is 15.4 Å². The van der Waals surface area contributed by atoms with Gasteiger partial charge in [0.15, 0.2) is 0 Å². The number of carboxylic acid groups (broad SMARTS) is 1. The molecule has 0 fully saturated rings. The SMILES string of the molecule is CCN(CC(C)C(=O)O)C(=O)NCc1ccon1. The van der Waals surface area contributed by atoms with E-state index < -0.39 is 11.9 Å². The molecule has 1 aromatic rings. The zero-order valence-corrected chi connectivity index (χ0v) is 10.4. The van der Waals surface area contributed by atoms with Gasteiger partial charge in [-0.1, -0.05) is 12.1 Å². The Morgan fingerprint density at radius 2 is 2.33 bits per heavy atom. The van der Waals surface area contributed by atoms with Gasteiger partial charge in [0.05, 0.1) is 12.5 Å². The minimum Gasteiger partial charge on any atom is -0.481 e. The Hall–Kier alpha value is -2.05. The normalized spacial score (nSPS) is 11.9. The fourth-order valence-corrected chi connectivity index (χ4v) is 1.37. The van der Waals surface area contributed by atoms with Crippen molar-refractivity contribution >= 4 is 12.0 Å². The number of hydrogen-bond donors (Lipinski definition) is 2. The molecule has 2 amide bonds. The second-order valence-electron chi connectivity index (χ2n) is 3.93. The summed E-state index contributed by atoms with van der Waals surface area (Å²) in [4.78, 5) is 24.0. The Labute approximate surface area is 105 Å².